The van der Waals surface area contributed by atoms with E-state index < -0.39 is 0 Å². The Morgan fingerprint density at radius 1 is 1.19 bits per heavy atom. The Labute approximate surface area is 129 Å². The van der Waals surface area contributed by atoms with Crippen molar-refractivity contribution < 1.29 is 4.79 Å². The number of anilines is 1. The summed E-state index contributed by atoms with van der Waals surface area (Å²) in [6, 6.07) is 13.4. The molecule has 0 aromatic heterocycles. The molecule has 2 atom stereocenters. The highest BCUT2D eigenvalue weighted by molar-refractivity contribution is 6.33. The molecule has 2 aromatic rings. The van der Waals surface area contributed by atoms with E-state index in [0.29, 0.717) is 10.7 Å². The maximum absolute atomic E-state index is 12.4. The van der Waals surface area contributed by atoms with Gasteiger partial charge in [0.25, 0.3) is 0 Å². The first kappa shape index (κ1) is 14.0. The molecule has 3 N–H and O–H groups in total. The molecule has 2 aromatic carbocycles. The van der Waals surface area contributed by atoms with Crippen molar-refractivity contribution in [1.29, 1.82) is 0 Å². The zero-order valence-electron chi connectivity index (χ0n) is 11.8. The Morgan fingerprint density at radius 2 is 1.90 bits per heavy atom. The van der Waals surface area contributed by atoms with Crippen LogP contribution in [0.3, 0.4) is 0 Å². The van der Waals surface area contributed by atoms with Gasteiger partial charge in [-0.15, -0.1) is 0 Å². The minimum Gasteiger partial charge on any atom is -0.398 e. The minimum atomic E-state index is -0.170. The first-order valence-corrected chi connectivity index (χ1v) is 7.43. The standard InChI is InChI=1S/C17H17ClN2O/c1-2-11-12-5-3-4-6-13(12)16(20-17(11)21)10-7-8-14(18)15(19)9-10/h3-9,11,16H,2,19H2,1H3,(H,20,21). The number of carbonyl (C=O) groups excluding carboxylic acids is 1. The lowest BCUT2D eigenvalue weighted by Crippen LogP contribution is -2.38. The SMILES string of the molecule is CCC1C(=O)NC(c2ccc(Cl)c(N)c2)c2ccccc21. The van der Waals surface area contributed by atoms with E-state index in [1.54, 1.807) is 6.07 Å². The maximum Gasteiger partial charge on any atom is 0.228 e. The van der Waals surface area contributed by atoms with Gasteiger partial charge >= 0.3 is 0 Å². The van der Waals surface area contributed by atoms with E-state index in [2.05, 4.69) is 11.4 Å². The van der Waals surface area contributed by atoms with Gasteiger partial charge in [-0.25, -0.2) is 0 Å². The number of nitrogen functional groups attached to an aromatic ring is 1. The molecule has 4 heteroatoms. The molecular weight excluding hydrogens is 284 g/mol. The van der Waals surface area contributed by atoms with Crippen LogP contribution in [0.25, 0.3) is 0 Å². The van der Waals surface area contributed by atoms with Crippen LogP contribution < -0.4 is 11.1 Å². The van der Waals surface area contributed by atoms with Crippen LogP contribution in [0.1, 0.15) is 42.0 Å². The van der Waals surface area contributed by atoms with Crippen molar-refractivity contribution in [1.82, 2.24) is 5.32 Å². The molecule has 1 amide bonds. The summed E-state index contributed by atoms with van der Waals surface area (Å²) in [6.07, 6.45) is 0.790. The third kappa shape index (κ3) is 2.38. The number of benzene rings is 2. The van der Waals surface area contributed by atoms with Crippen molar-refractivity contribution in [3.05, 3.63) is 64.2 Å². The smallest absolute Gasteiger partial charge is 0.228 e. The molecule has 1 aliphatic rings. The van der Waals surface area contributed by atoms with Crippen LogP contribution in [-0.2, 0) is 4.79 Å². The Balaban J connectivity index is 2.11. The topological polar surface area (TPSA) is 55.1 Å². The van der Waals surface area contributed by atoms with Gasteiger partial charge in [-0.1, -0.05) is 48.9 Å². The third-order valence-corrected chi connectivity index (χ3v) is 4.39. The van der Waals surface area contributed by atoms with Crippen molar-refractivity contribution in [2.75, 3.05) is 5.73 Å². The van der Waals surface area contributed by atoms with E-state index in [1.807, 2.05) is 37.3 Å². The zero-order valence-corrected chi connectivity index (χ0v) is 12.5. The third-order valence-electron chi connectivity index (χ3n) is 4.05. The highest BCUT2D eigenvalue weighted by Crippen LogP contribution is 2.37. The van der Waals surface area contributed by atoms with E-state index in [9.17, 15) is 4.79 Å². The molecule has 0 fully saturated rings. The van der Waals surface area contributed by atoms with E-state index in [0.717, 1.165) is 23.1 Å². The van der Waals surface area contributed by atoms with Gasteiger partial charge < -0.3 is 11.1 Å². The predicted octanol–water partition coefficient (Wildman–Crippen LogP) is 3.64. The van der Waals surface area contributed by atoms with Gasteiger partial charge in [0.15, 0.2) is 0 Å². The van der Waals surface area contributed by atoms with Crippen LogP contribution >= 0.6 is 11.6 Å². The second kappa shape index (κ2) is 5.41. The average Bonchev–Trinajstić information content (AvgIpc) is 2.49. The lowest BCUT2D eigenvalue weighted by atomic mass is 9.82. The number of fused-ring (bicyclic) bond motifs is 1. The van der Waals surface area contributed by atoms with Crippen molar-refractivity contribution in [2.45, 2.75) is 25.3 Å². The molecule has 2 unspecified atom stereocenters. The number of halogens is 1. The fourth-order valence-corrected chi connectivity index (χ4v) is 3.08. The molecular formula is C17H17ClN2O. The molecule has 1 aliphatic heterocycles. The normalized spacial score (nSPS) is 20.8. The lowest BCUT2D eigenvalue weighted by molar-refractivity contribution is -0.123. The monoisotopic (exact) mass is 300 g/mol. The van der Waals surface area contributed by atoms with Gasteiger partial charge in [-0.2, -0.15) is 0 Å². The fraction of sp³-hybridized carbons (Fsp3) is 0.235. The summed E-state index contributed by atoms with van der Waals surface area (Å²) in [5, 5.41) is 3.63. The number of carbonyl (C=O) groups is 1. The number of hydrogen-bond acceptors (Lipinski definition) is 2. The fourth-order valence-electron chi connectivity index (χ4n) is 2.96. The van der Waals surface area contributed by atoms with Gasteiger partial charge in [-0.05, 0) is 35.2 Å². The lowest BCUT2D eigenvalue weighted by Gasteiger charge is -2.32. The van der Waals surface area contributed by atoms with Crippen molar-refractivity contribution >= 4 is 23.2 Å². The Morgan fingerprint density at radius 3 is 2.57 bits per heavy atom. The van der Waals surface area contributed by atoms with Gasteiger partial charge in [0.05, 0.1) is 22.7 Å². The van der Waals surface area contributed by atoms with E-state index >= 15 is 0 Å². The van der Waals surface area contributed by atoms with E-state index in [-0.39, 0.29) is 17.9 Å². The summed E-state index contributed by atoms with van der Waals surface area (Å²) in [5.41, 5.74) is 9.60. The van der Waals surface area contributed by atoms with E-state index in [1.165, 1.54) is 0 Å². The largest absolute Gasteiger partial charge is 0.398 e. The minimum absolute atomic E-state index is 0.0646. The first-order valence-electron chi connectivity index (χ1n) is 7.06. The molecule has 21 heavy (non-hydrogen) atoms. The summed E-state index contributed by atoms with van der Waals surface area (Å²) in [4.78, 5) is 12.4. The number of amides is 1. The van der Waals surface area contributed by atoms with Crippen LogP contribution in [0, 0.1) is 0 Å². The average molecular weight is 301 g/mol. The van der Waals surface area contributed by atoms with Crippen LogP contribution in [0.4, 0.5) is 5.69 Å². The van der Waals surface area contributed by atoms with Crippen LogP contribution in [0.15, 0.2) is 42.5 Å². The summed E-state index contributed by atoms with van der Waals surface area (Å²) in [7, 11) is 0. The molecule has 3 rings (SSSR count). The second-order valence-electron chi connectivity index (χ2n) is 5.31. The van der Waals surface area contributed by atoms with Crippen molar-refractivity contribution in [2.24, 2.45) is 0 Å². The molecule has 0 spiro atoms. The summed E-state index contributed by atoms with van der Waals surface area (Å²) >= 11 is 5.98. The molecule has 0 bridgehead atoms. The van der Waals surface area contributed by atoms with Crippen molar-refractivity contribution in [3.8, 4) is 0 Å². The van der Waals surface area contributed by atoms with Crippen LogP contribution in [0.2, 0.25) is 5.02 Å². The first-order chi connectivity index (χ1) is 10.1. The molecule has 0 radical (unpaired) electrons. The van der Waals surface area contributed by atoms with Crippen molar-refractivity contribution in [3.63, 3.8) is 0 Å². The van der Waals surface area contributed by atoms with Crippen LogP contribution in [0.5, 0.6) is 0 Å². The highest BCUT2D eigenvalue weighted by Gasteiger charge is 2.32. The second-order valence-corrected chi connectivity index (χ2v) is 5.72. The molecule has 1 heterocycles. The predicted molar refractivity (Wildman–Crippen MR) is 85.3 cm³/mol. The van der Waals surface area contributed by atoms with Gasteiger partial charge in [0.1, 0.15) is 0 Å². The zero-order chi connectivity index (χ0) is 15.0. The van der Waals surface area contributed by atoms with E-state index in [4.69, 9.17) is 17.3 Å². The molecule has 3 nitrogen and oxygen atoms in total. The highest BCUT2D eigenvalue weighted by atomic mass is 35.5. The quantitative estimate of drug-likeness (QED) is 0.832. The Bertz CT molecular complexity index is 699. The number of nitrogens with two attached hydrogens (primary N) is 1. The van der Waals surface area contributed by atoms with Gasteiger partial charge in [0.2, 0.25) is 5.91 Å². The molecule has 108 valence electrons. The maximum atomic E-state index is 12.4. The molecule has 0 saturated heterocycles. The summed E-state index contributed by atoms with van der Waals surface area (Å²) in [5.74, 6) is -0.0168. The van der Waals surface area contributed by atoms with Gasteiger partial charge in [0, 0.05) is 0 Å². The number of nitrogens with one attached hydrogen (secondary N) is 1. The number of hydrogen-bond donors (Lipinski definition) is 2. The Hall–Kier alpha value is -2.00. The summed E-state index contributed by atoms with van der Waals surface area (Å²) in [6.45, 7) is 2.03. The number of rotatable bonds is 2. The summed E-state index contributed by atoms with van der Waals surface area (Å²) < 4.78 is 0. The molecule has 0 saturated carbocycles. The van der Waals surface area contributed by atoms with Crippen LogP contribution in [-0.4, -0.2) is 5.91 Å². The Kier molecular flexibility index (Phi) is 3.60. The van der Waals surface area contributed by atoms with Gasteiger partial charge in [-0.3, -0.25) is 4.79 Å². The molecule has 0 aliphatic carbocycles.